The maximum absolute atomic E-state index is 12.4. The zero-order valence-corrected chi connectivity index (χ0v) is 17.0. The number of aliphatic imine (C=N–C) groups is 1. The normalized spacial score (nSPS) is 17.9. The zero-order valence-electron chi connectivity index (χ0n) is 16.2. The van der Waals surface area contributed by atoms with Crippen molar-refractivity contribution in [1.82, 2.24) is 4.90 Å². The summed E-state index contributed by atoms with van der Waals surface area (Å²) in [4.78, 5) is 32.2. The van der Waals surface area contributed by atoms with Crippen molar-refractivity contribution in [2.45, 2.75) is 0 Å². The first kappa shape index (κ1) is 20.0. The van der Waals surface area contributed by atoms with E-state index in [1.165, 1.54) is 17.4 Å². The van der Waals surface area contributed by atoms with Crippen molar-refractivity contribution in [2.24, 2.45) is 4.99 Å². The van der Waals surface area contributed by atoms with Crippen LogP contribution in [-0.2, 0) is 9.59 Å². The van der Waals surface area contributed by atoms with E-state index in [4.69, 9.17) is 9.84 Å². The van der Waals surface area contributed by atoms with Crippen LogP contribution in [0.4, 0.5) is 5.69 Å². The summed E-state index contributed by atoms with van der Waals surface area (Å²) < 4.78 is 5.12. The molecule has 8 heteroatoms. The predicted molar refractivity (Wildman–Crippen MR) is 118 cm³/mol. The third-order valence-electron chi connectivity index (χ3n) is 4.82. The van der Waals surface area contributed by atoms with E-state index >= 15 is 0 Å². The topological polar surface area (TPSA) is 82.4 Å². The Bertz CT molecular complexity index is 981. The van der Waals surface area contributed by atoms with Crippen molar-refractivity contribution in [3.8, 4) is 5.75 Å². The van der Waals surface area contributed by atoms with E-state index in [0.29, 0.717) is 10.7 Å². The van der Waals surface area contributed by atoms with Gasteiger partial charge in [0.25, 0.3) is 5.91 Å². The number of carboxylic acids is 1. The van der Waals surface area contributed by atoms with Gasteiger partial charge in [0, 0.05) is 31.9 Å². The number of nitrogens with zero attached hydrogens (tertiary/aromatic N) is 3. The molecule has 2 aromatic carbocycles. The highest BCUT2D eigenvalue weighted by atomic mass is 32.2. The van der Waals surface area contributed by atoms with Gasteiger partial charge < -0.3 is 19.6 Å². The lowest BCUT2D eigenvalue weighted by Gasteiger charge is -2.36. The van der Waals surface area contributed by atoms with E-state index in [1.807, 2.05) is 18.2 Å². The molecule has 7 nitrogen and oxygen atoms in total. The highest BCUT2D eigenvalue weighted by molar-refractivity contribution is 8.18. The molecule has 4 rings (SSSR count). The Labute approximate surface area is 178 Å². The molecule has 2 heterocycles. The van der Waals surface area contributed by atoms with Gasteiger partial charge in [-0.1, -0.05) is 30.3 Å². The average molecular weight is 423 g/mol. The van der Waals surface area contributed by atoms with Crippen molar-refractivity contribution in [3.05, 3.63) is 65.1 Å². The minimum atomic E-state index is -1.02. The number of amidine groups is 1. The van der Waals surface area contributed by atoms with Crippen LogP contribution in [0.1, 0.15) is 5.56 Å². The summed E-state index contributed by atoms with van der Waals surface area (Å²) >= 11 is 1.40. The van der Waals surface area contributed by atoms with E-state index in [-0.39, 0.29) is 12.5 Å². The van der Waals surface area contributed by atoms with Crippen LogP contribution in [0, 0.1) is 0 Å². The maximum atomic E-state index is 12.4. The van der Waals surface area contributed by atoms with Gasteiger partial charge in [-0.05, 0) is 47.7 Å². The number of anilines is 1. The average Bonchev–Trinajstić information content (AvgIpc) is 3.14. The molecular weight excluding hydrogens is 402 g/mol. The minimum Gasteiger partial charge on any atom is -0.482 e. The van der Waals surface area contributed by atoms with E-state index in [0.717, 1.165) is 36.9 Å². The number of carboxylic acid groups (broad SMARTS) is 1. The molecule has 0 radical (unpaired) electrons. The number of para-hydroxylation sites is 1. The fourth-order valence-electron chi connectivity index (χ4n) is 3.28. The first-order valence-corrected chi connectivity index (χ1v) is 10.4. The second-order valence-electron chi connectivity index (χ2n) is 6.87. The summed E-state index contributed by atoms with van der Waals surface area (Å²) in [7, 11) is 0. The Morgan fingerprint density at radius 2 is 1.70 bits per heavy atom. The van der Waals surface area contributed by atoms with Crippen LogP contribution >= 0.6 is 11.8 Å². The number of hydrogen-bond acceptors (Lipinski definition) is 6. The van der Waals surface area contributed by atoms with Gasteiger partial charge in [-0.15, -0.1) is 0 Å². The number of aliphatic carboxylic acids is 1. The predicted octanol–water partition coefficient (Wildman–Crippen LogP) is 2.94. The molecule has 2 aliphatic rings. The van der Waals surface area contributed by atoms with Gasteiger partial charge in [0.1, 0.15) is 5.75 Å². The Hall–Kier alpha value is -3.26. The number of carbonyl (C=O) groups excluding carboxylic acids is 1. The van der Waals surface area contributed by atoms with Gasteiger partial charge in [0.15, 0.2) is 11.8 Å². The molecule has 1 saturated heterocycles. The molecule has 2 aliphatic heterocycles. The lowest BCUT2D eigenvalue weighted by Crippen LogP contribution is -2.47. The molecule has 0 aliphatic carbocycles. The van der Waals surface area contributed by atoms with E-state index in [9.17, 15) is 9.59 Å². The van der Waals surface area contributed by atoms with Crippen molar-refractivity contribution < 1.29 is 19.4 Å². The highest BCUT2D eigenvalue weighted by Crippen LogP contribution is 2.31. The number of amides is 1. The highest BCUT2D eigenvalue weighted by Gasteiger charge is 2.28. The zero-order chi connectivity index (χ0) is 20.9. The lowest BCUT2D eigenvalue weighted by atomic mass is 10.2. The van der Waals surface area contributed by atoms with Gasteiger partial charge in [-0.25, -0.2) is 4.79 Å². The van der Waals surface area contributed by atoms with Crippen LogP contribution < -0.4 is 9.64 Å². The molecule has 30 heavy (non-hydrogen) atoms. The first-order chi connectivity index (χ1) is 14.6. The summed E-state index contributed by atoms with van der Waals surface area (Å²) in [5, 5.41) is 9.41. The number of benzene rings is 2. The van der Waals surface area contributed by atoms with Gasteiger partial charge in [0.05, 0.1) is 4.91 Å². The van der Waals surface area contributed by atoms with E-state index in [2.05, 4.69) is 26.9 Å². The van der Waals surface area contributed by atoms with Crippen molar-refractivity contribution in [2.75, 3.05) is 37.7 Å². The lowest BCUT2D eigenvalue weighted by molar-refractivity contribution is -0.139. The van der Waals surface area contributed by atoms with Crippen LogP contribution in [0.15, 0.2) is 64.5 Å². The Balaban J connectivity index is 1.35. The Morgan fingerprint density at radius 1 is 1.03 bits per heavy atom. The summed E-state index contributed by atoms with van der Waals surface area (Å²) in [5.41, 5.74) is 2.05. The fraction of sp³-hybridized carbons (Fsp3) is 0.227. The number of hydrogen-bond donors (Lipinski definition) is 1. The summed E-state index contributed by atoms with van der Waals surface area (Å²) in [6, 6.07) is 17.3. The smallest absolute Gasteiger partial charge is 0.341 e. The number of rotatable bonds is 5. The molecule has 0 bridgehead atoms. The second-order valence-corrected chi connectivity index (χ2v) is 7.88. The standard InChI is InChI=1S/C22H21N3O4S/c26-20(27)15-29-18-8-6-16(7-9-18)14-19-21(28)23-22(30-19)25-12-10-24(11-13-25)17-4-2-1-3-5-17/h1-9,14H,10-13,15H2,(H,26,27)/b19-14+. The van der Waals surface area contributed by atoms with E-state index < -0.39 is 5.97 Å². The molecule has 0 unspecified atom stereocenters. The van der Waals surface area contributed by atoms with Gasteiger partial charge in [-0.3, -0.25) is 4.79 Å². The molecule has 0 spiro atoms. The SMILES string of the molecule is O=C(O)COc1ccc(/C=C2/SC(N3CCN(c4ccccc4)CC3)=NC2=O)cc1. The number of piperazine rings is 1. The van der Waals surface area contributed by atoms with Crippen LogP contribution in [0.2, 0.25) is 0 Å². The molecule has 1 N–H and O–H groups in total. The number of thioether (sulfide) groups is 1. The molecule has 2 aromatic rings. The molecule has 1 amide bonds. The number of carbonyl (C=O) groups is 2. The summed E-state index contributed by atoms with van der Waals surface area (Å²) in [6.45, 7) is 3.01. The molecule has 0 saturated carbocycles. The maximum Gasteiger partial charge on any atom is 0.341 e. The van der Waals surface area contributed by atoms with Crippen LogP contribution in [0.5, 0.6) is 5.75 Å². The second kappa shape index (κ2) is 9.04. The number of ether oxygens (including phenoxy) is 1. The molecule has 1 fully saturated rings. The third kappa shape index (κ3) is 4.83. The quantitative estimate of drug-likeness (QED) is 0.741. The first-order valence-electron chi connectivity index (χ1n) is 9.61. The van der Waals surface area contributed by atoms with Gasteiger partial charge in [0.2, 0.25) is 0 Å². The van der Waals surface area contributed by atoms with Crippen molar-refractivity contribution in [3.63, 3.8) is 0 Å². The summed E-state index contributed by atoms with van der Waals surface area (Å²) in [5.74, 6) is -0.784. The fourth-order valence-corrected chi connectivity index (χ4v) is 4.25. The largest absolute Gasteiger partial charge is 0.482 e. The Kier molecular flexibility index (Phi) is 6.04. The van der Waals surface area contributed by atoms with Crippen LogP contribution in [0.25, 0.3) is 6.08 Å². The minimum absolute atomic E-state index is 0.230. The molecule has 0 atom stereocenters. The van der Waals surface area contributed by atoms with Crippen molar-refractivity contribution >= 4 is 40.6 Å². The van der Waals surface area contributed by atoms with Gasteiger partial charge in [-0.2, -0.15) is 4.99 Å². The van der Waals surface area contributed by atoms with E-state index in [1.54, 1.807) is 30.3 Å². The molecule has 0 aromatic heterocycles. The monoisotopic (exact) mass is 423 g/mol. The molecular formula is C22H21N3O4S. The third-order valence-corrected chi connectivity index (χ3v) is 5.87. The van der Waals surface area contributed by atoms with Crippen LogP contribution in [0.3, 0.4) is 0 Å². The summed E-state index contributed by atoms with van der Waals surface area (Å²) in [6.07, 6.45) is 1.80. The van der Waals surface area contributed by atoms with Gasteiger partial charge >= 0.3 is 5.97 Å². The molecule has 154 valence electrons. The Morgan fingerprint density at radius 3 is 2.37 bits per heavy atom. The van der Waals surface area contributed by atoms with Crippen molar-refractivity contribution in [1.29, 1.82) is 0 Å². The van der Waals surface area contributed by atoms with Crippen LogP contribution in [-0.4, -0.2) is 59.8 Å².